The summed E-state index contributed by atoms with van der Waals surface area (Å²) in [7, 11) is 0. The minimum absolute atomic E-state index is 0.159. The molecule has 0 radical (unpaired) electrons. The van der Waals surface area contributed by atoms with E-state index in [1.807, 2.05) is 0 Å². The van der Waals surface area contributed by atoms with E-state index in [1.165, 1.54) is 11.3 Å². The van der Waals surface area contributed by atoms with Crippen LogP contribution in [0.4, 0.5) is 5.69 Å². The second-order valence-electron chi connectivity index (χ2n) is 5.33. The van der Waals surface area contributed by atoms with E-state index in [0.717, 1.165) is 25.9 Å². The number of rotatable bonds is 2. The lowest BCUT2D eigenvalue weighted by Crippen LogP contribution is -2.40. The molecule has 0 bridgehead atoms. The van der Waals surface area contributed by atoms with Gasteiger partial charge in [-0.25, -0.2) is 0 Å². The number of aliphatic hydroxyl groups is 1. The molecule has 1 saturated heterocycles. The summed E-state index contributed by atoms with van der Waals surface area (Å²) in [6.07, 6.45) is 1.87. The van der Waals surface area contributed by atoms with E-state index in [1.54, 1.807) is 0 Å². The van der Waals surface area contributed by atoms with E-state index >= 15 is 0 Å². The lowest BCUT2D eigenvalue weighted by molar-refractivity contribution is 0.193. The van der Waals surface area contributed by atoms with Gasteiger partial charge < -0.3 is 15.3 Å². The van der Waals surface area contributed by atoms with E-state index in [0.29, 0.717) is 12.1 Å². The summed E-state index contributed by atoms with van der Waals surface area (Å²) < 4.78 is 0. The fraction of sp³-hybridized carbons (Fsp3) is 0.571. The predicted molar refractivity (Wildman–Crippen MR) is 69.4 cm³/mol. The van der Waals surface area contributed by atoms with Crippen LogP contribution in [0.1, 0.15) is 18.9 Å². The van der Waals surface area contributed by atoms with Crippen molar-refractivity contribution in [3.8, 4) is 0 Å². The maximum absolute atomic E-state index is 9.55. The molecule has 0 aromatic heterocycles. The van der Waals surface area contributed by atoms with Crippen LogP contribution < -0.4 is 10.2 Å². The number of nitrogens with zero attached hydrogens (tertiary/aromatic N) is 1. The molecular weight excluding hydrogens is 212 g/mol. The molecule has 0 spiro atoms. The Morgan fingerprint density at radius 3 is 3.00 bits per heavy atom. The summed E-state index contributed by atoms with van der Waals surface area (Å²) >= 11 is 0. The molecule has 2 aliphatic rings. The van der Waals surface area contributed by atoms with Crippen molar-refractivity contribution in [2.75, 3.05) is 18.0 Å². The quantitative estimate of drug-likeness (QED) is 0.803. The summed E-state index contributed by atoms with van der Waals surface area (Å²) in [6, 6.07) is 9.67. The number of para-hydroxylation sites is 1. The Kier molecular flexibility index (Phi) is 2.81. The molecule has 3 nitrogen and oxygen atoms in total. The molecule has 1 aromatic rings. The minimum atomic E-state index is -0.159. The fourth-order valence-electron chi connectivity index (χ4n) is 3.08. The van der Waals surface area contributed by atoms with Crippen LogP contribution in [0.5, 0.6) is 0 Å². The average molecular weight is 232 g/mol. The van der Waals surface area contributed by atoms with Crippen molar-refractivity contribution in [3.63, 3.8) is 0 Å². The first-order valence-electron chi connectivity index (χ1n) is 6.50. The molecule has 0 amide bonds. The third kappa shape index (κ3) is 2.05. The van der Waals surface area contributed by atoms with Gasteiger partial charge in [0.05, 0.1) is 6.10 Å². The molecule has 1 fully saturated rings. The van der Waals surface area contributed by atoms with Gasteiger partial charge in [0.25, 0.3) is 0 Å². The van der Waals surface area contributed by atoms with Crippen molar-refractivity contribution in [1.29, 1.82) is 0 Å². The maximum atomic E-state index is 9.55. The summed E-state index contributed by atoms with van der Waals surface area (Å²) in [4.78, 5) is 2.48. The van der Waals surface area contributed by atoms with Crippen molar-refractivity contribution in [3.05, 3.63) is 29.8 Å². The summed E-state index contributed by atoms with van der Waals surface area (Å²) in [5.41, 5.74) is 2.83. The van der Waals surface area contributed by atoms with E-state index in [-0.39, 0.29) is 6.10 Å². The molecule has 92 valence electrons. The number of anilines is 1. The Morgan fingerprint density at radius 1 is 1.41 bits per heavy atom. The monoisotopic (exact) mass is 232 g/mol. The number of benzene rings is 1. The third-order valence-electron chi connectivity index (χ3n) is 3.96. The topological polar surface area (TPSA) is 35.5 Å². The molecule has 3 rings (SSSR count). The Hall–Kier alpha value is -1.06. The summed E-state index contributed by atoms with van der Waals surface area (Å²) in [5.74, 6) is 0. The highest BCUT2D eigenvalue weighted by Crippen LogP contribution is 2.32. The second kappa shape index (κ2) is 4.31. The van der Waals surface area contributed by atoms with E-state index in [9.17, 15) is 5.11 Å². The molecule has 17 heavy (non-hydrogen) atoms. The van der Waals surface area contributed by atoms with Crippen molar-refractivity contribution >= 4 is 5.69 Å². The number of β-amino-alcohol motifs (C(OH)–C–C–N with tert-alkyl or cyclic N) is 1. The highest BCUT2D eigenvalue weighted by atomic mass is 16.3. The van der Waals surface area contributed by atoms with Crippen molar-refractivity contribution < 1.29 is 5.11 Å². The van der Waals surface area contributed by atoms with Gasteiger partial charge in [0.2, 0.25) is 0 Å². The van der Waals surface area contributed by atoms with Gasteiger partial charge in [0, 0.05) is 30.9 Å². The molecule has 2 heterocycles. The van der Waals surface area contributed by atoms with Crippen LogP contribution in [0.15, 0.2) is 24.3 Å². The predicted octanol–water partition coefficient (Wildman–Crippen LogP) is 1.16. The molecule has 2 N–H and O–H groups in total. The molecule has 2 aliphatic heterocycles. The van der Waals surface area contributed by atoms with Crippen molar-refractivity contribution in [2.24, 2.45) is 0 Å². The molecule has 3 heteroatoms. The zero-order valence-electron chi connectivity index (χ0n) is 10.3. The fourth-order valence-corrected chi connectivity index (χ4v) is 3.08. The SMILES string of the molecule is CC1Cc2ccccc2N1CC1CC(O)CN1. The number of aliphatic hydroxyl groups excluding tert-OH is 1. The second-order valence-corrected chi connectivity index (χ2v) is 5.33. The van der Waals surface area contributed by atoms with Gasteiger partial charge in [0.1, 0.15) is 0 Å². The number of hydrogen-bond acceptors (Lipinski definition) is 3. The first-order valence-corrected chi connectivity index (χ1v) is 6.50. The summed E-state index contributed by atoms with van der Waals surface area (Å²) in [5, 5.41) is 12.9. The lowest BCUT2D eigenvalue weighted by Gasteiger charge is -2.28. The average Bonchev–Trinajstić information content (AvgIpc) is 2.85. The van der Waals surface area contributed by atoms with Crippen LogP contribution in [-0.2, 0) is 6.42 Å². The standard InChI is InChI=1S/C14H20N2O/c1-10-6-11-4-2-3-5-14(11)16(10)9-12-7-13(17)8-15-12/h2-5,10,12-13,15,17H,6-9H2,1H3. The van der Waals surface area contributed by atoms with Crippen molar-refractivity contribution in [1.82, 2.24) is 5.32 Å². The van der Waals surface area contributed by atoms with E-state index < -0.39 is 0 Å². The van der Waals surface area contributed by atoms with Gasteiger partial charge in [0.15, 0.2) is 0 Å². The highest BCUT2D eigenvalue weighted by molar-refractivity contribution is 5.59. The lowest BCUT2D eigenvalue weighted by atomic mass is 10.1. The number of hydrogen-bond donors (Lipinski definition) is 2. The number of fused-ring (bicyclic) bond motifs is 1. The smallest absolute Gasteiger partial charge is 0.0680 e. The molecule has 1 aromatic carbocycles. The number of nitrogens with one attached hydrogen (secondary N) is 1. The Bertz CT molecular complexity index is 407. The van der Waals surface area contributed by atoms with Crippen LogP contribution in [-0.4, -0.2) is 36.4 Å². The van der Waals surface area contributed by atoms with Gasteiger partial charge in [-0.1, -0.05) is 18.2 Å². The largest absolute Gasteiger partial charge is 0.392 e. The van der Waals surface area contributed by atoms with Crippen LogP contribution in [0, 0.1) is 0 Å². The molecule has 3 atom stereocenters. The first-order chi connectivity index (χ1) is 8.24. The van der Waals surface area contributed by atoms with Gasteiger partial charge in [-0.05, 0) is 31.4 Å². The van der Waals surface area contributed by atoms with E-state index in [4.69, 9.17) is 0 Å². The maximum Gasteiger partial charge on any atom is 0.0680 e. The molecule has 0 saturated carbocycles. The highest BCUT2D eigenvalue weighted by Gasteiger charge is 2.30. The van der Waals surface area contributed by atoms with Crippen LogP contribution >= 0.6 is 0 Å². The molecule has 0 aliphatic carbocycles. The van der Waals surface area contributed by atoms with Gasteiger partial charge in [-0.15, -0.1) is 0 Å². The zero-order chi connectivity index (χ0) is 11.8. The minimum Gasteiger partial charge on any atom is -0.392 e. The van der Waals surface area contributed by atoms with Gasteiger partial charge in [-0.3, -0.25) is 0 Å². The van der Waals surface area contributed by atoms with Crippen molar-refractivity contribution in [2.45, 2.75) is 38.0 Å². The first kappa shape index (κ1) is 11.1. The zero-order valence-corrected chi connectivity index (χ0v) is 10.3. The third-order valence-corrected chi connectivity index (χ3v) is 3.96. The molecule has 3 unspecified atom stereocenters. The Balaban J connectivity index is 1.75. The normalized spacial score (nSPS) is 31.9. The van der Waals surface area contributed by atoms with Crippen LogP contribution in [0.2, 0.25) is 0 Å². The Labute approximate surface area is 102 Å². The van der Waals surface area contributed by atoms with Gasteiger partial charge >= 0.3 is 0 Å². The Morgan fingerprint density at radius 2 is 2.24 bits per heavy atom. The summed E-state index contributed by atoms with van der Waals surface area (Å²) in [6.45, 7) is 4.04. The van der Waals surface area contributed by atoms with Gasteiger partial charge in [-0.2, -0.15) is 0 Å². The van der Waals surface area contributed by atoms with E-state index in [2.05, 4.69) is 41.4 Å². The van der Waals surface area contributed by atoms with Crippen LogP contribution in [0.3, 0.4) is 0 Å². The molecular formula is C14H20N2O. The van der Waals surface area contributed by atoms with Crippen LogP contribution in [0.25, 0.3) is 0 Å².